The van der Waals surface area contributed by atoms with E-state index in [2.05, 4.69) is 15.8 Å². The number of nitrogens with one attached hydrogen (secondary N) is 2. The van der Waals surface area contributed by atoms with E-state index in [0.29, 0.717) is 12.2 Å². The van der Waals surface area contributed by atoms with Gasteiger partial charge in [0.2, 0.25) is 11.7 Å². The average Bonchev–Trinajstić information content (AvgIpc) is 3.13. The number of carbonyl (C=O) groups excluding carboxylic acids is 2. The lowest BCUT2D eigenvalue weighted by molar-refractivity contribution is -0.121. The summed E-state index contributed by atoms with van der Waals surface area (Å²) < 4.78 is 10.8. The smallest absolute Gasteiger partial charge is 0.289 e. The second-order valence-corrected chi connectivity index (χ2v) is 8.48. The number of benzene rings is 2. The first-order valence-electron chi connectivity index (χ1n) is 10.0. The van der Waals surface area contributed by atoms with E-state index in [1.54, 1.807) is 24.8 Å². The van der Waals surface area contributed by atoms with Gasteiger partial charge in [-0.15, -0.1) is 11.8 Å². The van der Waals surface area contributed by atoms with Crippen molar-refractivity contribution in [2.45, 2.75) is 24.6 Å². The molecule has 3 aromatic rings. The van der Waals surface area contributed by atoms with E-state index in [-0.39, 0.29) is 28.9 Å². The van der Waals surface area contributed by atoms with Gasteiger partial charge in [-0.05, 0) is 48.9 Å². The van der Waals surface area contributed by atoms with Gasteiger partial charge in [-0.1, -0.05) is 35.5 Å². The monoisotopic (exact) mass is 437 g/mol. The lowest BCUT2D eigenvalue weighted by atomic mass is 10.1. The van der Waals surface area contributed by atoms with Crippen LogP contribution >= 0.6 is 11.8 Å². The zero-order valence-electron chi connectivity index (χ0n) is 17.0. The molecule has 2 atom stereocenters. The third kappa shape index (κ3) is 5.46. The Morgan fingerprint density at radius 3 is 2.65 bits per heavy atom. The van der Waals surface area contributed by atoms with Crippen molar-refractivity contribution in [2.75, 3.05) is 12.3 Å². The molecular formula is C23H23N3O4S. The Kier molecular flexibility index (Phi) is 6.57. The second kappa shape index (κ2) is 9.70. The summed E-state index contributed by atoms with van der Waals surface area (Å²) in [4.78, 5) is 25.0. The zero-order valence-corrected chi connectivity index (χ0v) is 17.9. The van der Waals surface area contributed by atoms with E-state index in [1.807, 2.05) is 54.6 Å². The van der Waals surface area contributed by atoms with Crippen LogP contribution in [0.1, 0.15) is 33.5 Å². The molecule has 7 nitrogen and oxygen atoms in total. The highest BCUT2D eigenvalue weighted by molar-refractivity contribution is 8.00. The third-order valence-corrected chi connectivity index (χ3v) is 6.15. The van der Waals surface area contributed by atoms with Crippen LogP contribution in [0.5, 0.6) is 11.5 Å². The summed E-state index contributed by atoms with van der Waals surface area (Å²) in [6.45, 7) is 2.09. The number of aromatic nitrogens is 1. The zero-order chi connectivity index (χ0) is 21.6. The van der Waals surface area contributed by atoms with Crippen LogP contribution in [-0.4, -0.2) is 35.3 Å². The number of ether oxygens (including phenoxy) is 1. The molecular weight excluding hydrogens is 414 g/mol. The van der Waals surface area contributed by atoms with Crippen molar-refractivity contribution in [2.24, 2.45) is 0 Å². The van der Waals surface area contributed by atoms with Crippen molar-refractivity contribution < 1.29 is 18.8 Å². The number of hydrogen-bond acceptors (Lipinski definition) is 6. The highest BCUT2D eigenvalue weighted by Crippen LogP contribution is 2.33. The first-order valence-corrected chi connectivity index (χ1v) is 11.1. The quantitative estimate of drug-likeness (QED) is 0.608. The molecule has 0 unspecified atom stereocenters. The van der Waals surface area contributed by atoms with Gasteiger partial charge in [0.15, 0.2) is 0 Å². The standard InChI is InChI=1S/C23H23N3O4S/c1-15-13-20(30-26-15)22(27)24-14-17-11-12-31-21(23(28)25-17)16-7-9-19(10-8-16)29-18-5-3-2-4-6-18/h2-10,13,17,21H,11-12,14H2,1H3,(H,24,27)(H,25,28)/t17-,21+/m0/s1. The normalized spacial score (nSPS) is 18.7. The summed E-state index contributed by atoms with van der Waals surface area (Å²) in [6.07, 6.45) is 0.762. The van der Waals surface area contributed by atoms with E-state index >= 15 is 0 Å². The highest BCUT2D eigenvalue weighted by Gasteiger charge is 2.28. The Morgan fingerprint density at radius 2 is 1.94 bits per heavy atom. The van der Waals surface area contributed by atoms with E-state index in [4.69, 9.17) is 9.26 Å². The second-order valence-electron chi connectivity index (χ2n) is 7.27. The molecule has 0 bridgehead atoms. The van der Waals surface area contributed by atoms with Crippen molar-refractivity contribution in [3.63, 3.8) is 0 Å². The molecule has 2 N–H and O–H groups in total. The molecule has 2 heterocycles. The molecule has 1 saturated heterocycles. The third-order valence-electron chi connectivity index (χ3n) is 4.86. The Hall–Kier alpha value is -3.26. The lowest BCUT2D eigenvalue weighted by Gasteiger charge is -2.17. The van der Waals surface area contributed by atoms with Crippen molar-refractivity contribution in [3.8, 4) is 11.5 Å². The maximum atomic E-state index is 12.8. The Bertz CT molecular complexity index is 1040. The molecule has 0 saturated carbocycles. The molecule has 2 amide bonds. The fourth-order valence-electron chi connectivity index (χ4n) is 3.26. The van der Waals surface area contributed by atoms with Crippen molar-refractivity contribution in [1.82, 2.24) is 15.8 Å². The van der Waals surface area contributed by atoms with Gasteiger partial charge in [0.05, 0.1) is 5.69 Å². The minimum atomic E-state index is -0.336. The van der Waals surface area contributed by atoms with Gasteiger partial charge in [-0.25, -0.2) is 0 Å². The number of amides is 2. The van der Waals surface area contributed by atoms with Crippen LogP contribution in [0.3, 0.4) is 0 Å². The van der Waals surface area contributed by atoms with E-state index < -0.39 is 0 Å². The molecule has 1 aliphatic rings. The van der Waals surface area contributed by atoms with Crippen molar-refractivity contribution in [1.29, 1.82) is 0 Å². The molecule has 0 aliphatic carbocycles. The molecule has 160 valence electrons. The summed E-state index contributed by atoms with van der Waals surface area (Å²) in [7, 11) is 0. The molecule has 4 rings (SSSR count). The van der Waals surface area contributed by atoms with Gasteiger partial charge in [-0.3, -0.25) is 9.59 Å². The van der Waals surface area contributed by atoms with Gasteiger partial charge in [-0.2, -0.15) is 0 Å². The van der Waals surface area contributed by atoms with Crippen LogP contribution in [0.2, 0.25) is 0 Å². The fourth-order valence-corrected chi connectivity index (χ4v) is 4.49. The van der Waals surface area contributed by atoms with E-state index in [9.17, 15) is 9.59 Å². The number of carbonyl (C=O) groups is 2. The number of hydrogen-bond donors (Lipinski definition) is 2. The molecule has 2 aromatic carbocycles. The summed E-state index contributed by atoms with van der Waals surface area (Å²) >= 11 is 1.60. The number of nitrogens with zero attached hydrogens (tertiary/aromatic N) is 1. The van der Waals surface area contributed by atoms with Crippen LogP contribution in [0.25, 0.3) is 0 Å². The summed E-state index contributed by atoms with van der Waals surface area (Å²) in [6, 6.07) is 18.6. The topological polar surface area (TPSA) is 93.5 Å². The largest absolute Gasteiger partial charge is 0.457 e. The first kappa shape index (κ1) is 21.0. The summed E-state index contributed by atoms with van der Waals surface area (Å²) in [5.74, 6) is 2.06. The minimum absolute atomic E-state index is 0.0611. The first-order chi connectivity index (χ1) is 15.1. The number of thioether (sulfide) groups is 1. The predicted molar refractivity (Wildman–Crippen MR) is 118 cm³/mol. The Labute approximate surface area is 184 Å². The minimum Gasteiger partial charge on any atom is -0.457 e. The number of rotatable bonds is 6. The molecule has 31 heavy (non-hydrogen) atoms. The van der Waals surface area contributed by atoms with E-state index in [1.165, 1.54) is 0 Å². The van der Waals surface area contributed by atoms with Crippen LogP contribution < -0.4 is 15.4 Å². The molecule has 0 spiro atoms. The number of aryl methyl sites for hydroxylation is 1. The van der Waals surface area contributed by atoms with Crippen LogP contribution in [0.15, 0.2) is 65.2 Å². The van der Waals surface area contributed by atoms with E-state index in [0.717, 1.165) is 29.2 Å². The lowest BCUT2D eigenvalue weighted by Crippen LogP contribution is -2.43. The SMILES string of the molecule is Cc1cc(C(=O)NC[C@@H]2CCS[C@H](c3ccc(Oc4ccccc4)cc3)C(=O)N2)on1. The molecule has 1 aliphatic heterocycles. The molecule has 1 fully saturated rings. The average molecular weight is 438 g/mol. The van der Waals surface area contributed by atoms with Crippen LogP contribution in [0, 0.1) is 6.92 Å². The van der Waals surface area contributed by atoms with Gasteiger partial charge in [0, 0.05) is 18.7 Å². The summed E-state index contributed by atoms with van der Waals surface area (Å²) in [5.41, 5.74) is 1.57. The maximum absolute atomic E-state index is 12.8. The van der Waals surface area contributed by atoms with Gasteiger partial charge in [0.1, 0.15) is 16.7 Å². The molecule has 1 aromatic heterocycles. The fraction of sp³-hybridized carbons (Fsp3) is 0.261. The van der Waals surface area contributed by atoms with Gasteiger partial charge < -0.3 is 19.9 Å². The predicted octanol–water partition coefficient (Wildman–Crippen LogP) is 3.87. The number of para-hydroxylation sites is 1. The Morgan fingerprint density at radius 1 is 1.19 bits per heavy atom. The van der Waals surface area contributed by atoms with Crippen molar-refractivity contribution in [3.05, 3.63) is 77.7 Å². The van der Waals surface area contributed by atoms with Gasteiger partial charge >= 0.3 is 0 Å². The highest BCUT2D eigenvalue weighted by atomic mass is 32.2. The van der Waals surface area contributed by atoms with Gasteiger partial charge in [0.25, 0.3) is 5.91 Å². The summed E-state index contributed by atoms with van der Waals surface area (Å²) in [5, 5.41) is 9.26. The molecule has 0 radical (unpaired) electrons. The van der Waals surface area contributed by atoms with Crippen LogP contribution in [-0.2, 0) is 4.79 Å². The van der Waals surface area contributed by atoms with Crippen molar-refractivity contribution >= 4 is 23.6 Å². The molecule has 8 heteroatoms. The van der Waals surface area contributed by atoms with Crippen LogP contribution in [0.4, 0.5) is 0 Å². The maximum Gasteiger partial charge on any atom is 0.289 e. The Balaban J connectivity index is 1.33.